The zero-order valence-corrected chi connectivity index (χ0v) is 10.7. The van der Waals surface area contributed by atoms with Gasteiger partial charge in [-0.1, -0.05) is 38.7 Å². The molecule has 0 aromatic rings. The van der Waals surface area contributed by atoms with E-state index < -0.39 is 0 Å². The Morgan fingerprint density at radius 3 is 1.80 bits per heavy atom. The molecule has 0 fully saturated rings. The zero-order chi connectivity index (χ0) is 12.9. The van der Waals surface area contributed by atoms with E-state index in [9.17, 15) is 0 Å². The quantitative estimate of drug-likeness (QED) is 0.428. The van der Waals surface area contributed by atoms with Crippen LogP contribution in [-0.2, 0) is 0 Å². The summed E-state index contributed by atoms with van der Waals surface area (Å²) in [5, 5.41) is 0. The van der Waals surface area contributed by atoms with E-state index in [0.29, 0.717) is 5.70 Å². The second-order valence-electron chi connectivity index (χ2n) is 2.40. The topological polar surface area (TPSA) is 64.4 Å². The molecule has 88 valence electrons. The van der Waals surface area contributed by atoms with Gasteiger partial charge in [0.05, 0.1) is 12.0 Å². The van der Waals surface area contributed by atoms with Gasteiger partial charge in [0.2, 0.25) is 0 Å². The molecule has 0 unspecified atom stereocenters. The summed E-state index contributed by atoms with van der Waals surface area (Å²) < 4.78 is 0. The van der Waals surface area contributed by atoms with Gasteiger partial charge in [0, 0.05) is 0 Å². The average molecular weight is 211 g/mol. The molecule has 15 heavy (non-hydrogen) atoms. The van der Waals surface area contributed by atoms with Crippen molar-refractivity contribution >= 4 is 6.34 Å². The fraction of sp³-hybridized carbons (Fsp3) is 0.417. The van der Waals surface area contributed by atoms with Crippen LogP contribution < -0.4 is 11.5 Å². The van der Waals surface area contributed by atoms with E-state index in [-0.39, 0.29) is 0 Å². The largest absolute Gasteiger partial charge is 0.390 e. The highest BCUT2D eigenvalue weighted by atomic mass is 14.8. The van der Waals surface area contributed by atoms with Crippen LogP contribution in [0.3, 0.4) is 0 Å². The fourth-order valence-corrected chi connectivity index (χ4v) is 0.645. The Kier molecular flexibility index (Phi) is 19.4. The predicted octanol–water partition coefficient (Wildman–Crippen LogP) is 2.61. The van der Waals surface area contributed by atoms with E-state index >= 15 is 0 Å². The summed E-state index contributed by atoms with van der Waals surface area (Å²) in [6.07, 6.45) is 3.15. The standard InChI is InChI=1S/C9H14N2.C2H6.CH5N/c1-7(2)5-8(3)9(4)11-6-10;2*1-2/h5-6H,1,4H2,2-3H3,(H2,10,11);1-2H3;2H2,1H3/b8-5-;;. The summed E-state index contributed by atoms with van der Waals surface area (Å²) in [6, 6.07) is 0. The SMILES string of the molecule is C=C(C)/C=C(/C)C(=C)N=CN.CC.CN. The van der Waals surface area contributed by atoms with Crippen LogP contribution in [0, 0.1) is 0 Å². The minimum Gasteiger partial charge on any atom is -0.390 e. The Labute approximate surface area is 94.3 Å². The number of rotatable bonds is 3. The molecule has 0 saturated heterocycles. The van der Waals surface area contributed by atoms with Crippen LogP contribution in [0.2, 0.25) is 0 Å². The molecule has 0 aromatic heterocycles. The number of nitrogens with zero attached hydrogens (tertiary/aromatic N) is 1. The molecule has 0 rings (SSSR count). The van der Waals surface area contributed by atoms with Crippen LogP contribution in [0.1, 0.15) is 27.7 Å². The van der Waals surface area contributed by atoms with Crippen molar-refractivity contribution in [1.82, 2.24) is 0 Å². The van der Waals surface area contributed by atoms with Gasteiger partial charge in [-0.15, -0.1) is 0 Å². The van der Waals surface area contributed by atoms with Gasteiger partial charge in [0.25, 0.3) is 0 Å². The molecule has 0 amide bonds. The lowest BCUT2D eigenvalue weighted by Crippen LogP contribution is -1.90. The number of hydrogen-bond donors (Lipinski definition) is 2. The Hall–Kier alpha value is -1.35. The third-order valence-corrected chi connectivity index (χ3v) is 1.15. The van der Waals surface area contributed by atoms with Crippen molar-refractivity contribution in [1.29, 1.82) is 0 Å². The van der Waals surface area contributed by atoms with E-state index in [0.717, 1.165) is 11.1 Å². The van der Waals surface area contributed by atoms with Crippen molar-refractivity contribution < 1.29 is 0 Å². The molecule has 0 heterocycles. The maximum absolute atomic E-state index is 5.10. The average Bonchev–Trinajstić information content (AvgIpc) is 2.23. The van der Waals surface area contributed by atoms with Crippen LogP contribution in [0.4, 0.5) is 0 Å². The third kappa shape index (κ3) is 15.4. The zero-order valence-electron chi connectivity index (χ0n) is 10.7. The lowest BCUT2D eigenvalue weighted by Gasteiger charge is -1.97. The minimum atomic E-state index is 0.676. The van der Waals surface area contributed by atoms with Crippen molar-refractivity contribution in [2.45, 2.75) is 27.7 Å². The summed E-state index contributed by atoms with van der Waals surface area (Å²) >= 11 is 0. The highest BCUT2D eigenvalue weighted by Crippen LogP contribution is 2.09. The molecule has 0 aliphatic heterocycles. The smallest absolute Gasteiger partial charge is 0.0860 e. The van der Waals surface area contributed by atoms with Crippen LogP contribution in [0.25, 0.3) is 0 Å². The Bertz CT molecular complexity index is 225. The molecule has 3 heteroatoms. The van der Waals surface area contributed by atoms with Gasteiger partial charge in [0.15, 0.2) is 0 Å². The molecular formula is C12H25N3. The molecule has 0 aliphatic rings. The van der Waals surface area contributed by atoms with Crippen molar-refractivity contribution in [3.63, 3.8) is 0 Å². The fourth-order valence-electron chi connectivity index (χ4n) is 0.645. The molecule has 3 nitrogen and oxygen atoms in total. The van der Waals surface area contributed by atoms with E-state index in [1.54, 1.807) is 0 Å². The summed E-state index contributed by atoms with van der Waals surface area (Å²) in [5.74, 6) is 0. The van der Waals surface area contributed by atoms with Gasteiger partial charge >= 0.3 is 0 Å². The molecule has 0 aromatic carbocycles. The Balaban J connectivity index is -0.000000318. The number of hydrogen-bond acceptors (Lipinski definition) is 2. The van der Waals surface area contributed by atoms with Crippen LogP contribution >= 0.6 is 0 Å². The van der Waals surface area contributed by atoms with E-state index in [1.807, 2.05) is 33.8 Å². The number of nitrogens with two attached hydrogens (primary N) is 2. The molecule has 0 radical (unpaired) electrons. The first-order valence-corrected chi connectivity index (χ1v) is 4.93. The first-order chi connectivity index (χ1) is 7.07. The molecule has 0 bridgehead atoms. The molecule has 0 spiro atoms. The van der Waals surface area contributed by atoms with Crippen molar-refractivity contribution in [2.75, 3.05) is 7.05 Å². The van der Waals surface area contributed by atoms with Crippen molar-refractivity contribution in [3.05, 3.63) is 36.1 Å². The summed E-state index contributed by atoms with van der Waals surface area (Å²) in [7, 11) is 1.50. The minimum absolute atomic E-state index is 0.676. The first kappa shape index (κ1) is 19.3. The van der Waals surface area contributed by atoms with Crippen LogP contribution in [-0.4, -0.2) is 13.4 Å². The van der Waals surface area contributed by atoms with Gasteiger partial charge in [-0.3, -0.25) is 0 Å². The number of allylic oxidation sites excluding steroid dienone is 3. The highest BCUT2D eigenvalue weighted by molar-refractivity contribution is 5.55. The van der Waals surface area contributed by atoms with Crippen LogP contribution in [0.15, 0.2) is 41.1 Å². The van der Waals surface area contributed by atoms with Crippen LogP contribution in [0.5, 0.6) is 0 Å². The summed E-state index contributed by atoms with van der Waals surface area (Å²) in [5.41, 5.74) is 12.2. The van der Waals surface area contributed by atoms with Gasteiger partial charge in [-0.05, 0) is 26.5 Å². The second kappa shape index (κ2) is 15.1. The monoisotopic (exact) mass is 211 g/mol. The Morgan fingerprint density at radius 1 is 1.13 bits per heavy atom. The predicted molar refractivity (Wildman–Crippen MR) is 71.8 cm³/mol. The maximum Gasteiger partial charge on any atom is 0.0860 e. The van der Waals surface area contributed by atoms with Gasteiger partial charge in [0.1, 0.15) is 0 Å². The Morgan fingerprint density at radius 2 is 1.53 bits per heavy atom. The lowest BCUT2D eigenvalue weighted by molar-refractivity contribution is 1.29. The molecule has 0 saturated carbocycles. The van der Waals surface area contributed by atoms with E-state index in [4.69, 9.17) is 5.73 Å². The first-order valence-electron chi connectivity index (χ1n) is 4.93. The van der Waals surface area contributed by atoms with E-state index in [1.165, 1.54) is 13.4 Å². The lowest BCUT2D eigenvalue weighted by atomic mass is 10.2. The van der Waals surface area contributed by atoms with Gasteiger partial charge < -0.3 is 11.5 Å². The molecule has 4 N–H and O–H groups in total. The van der Waals surface area contributed by atoms with Gasteiger partial charge in [-0.2, -0.15) is 0 Å². The van der Waals surface area contributed by atoms with Gasteiger partial charge in [-0.25, -0.2) is 4.99 Å². The number of aliphatic imine (C=N–C) groups is 1. The molecular weight excluding hydrogens is 186 g/mol. The normalized spacial score (nSPS) is 9.60. The van der Waals surface area contributed by atoms with Crippen molar-refractivity contribution in [2.24, 2.45) is 16.5 Å². The summed E-state index contributed by atoms with van der Waals surface area (Å²) in [6.45, 7) is 15.3. The highest BCUT2D eigenvalue weighted by Gasteiger charge is 1.91. The molecule has 0 aliphatic carbocycles. The molecule has 0 atom stereocenters. The van der Waals surface area contributed by atoms with E-state index in [2.05, 4.69) is 23.9 Å². The summed E-state index contributed by atoms with van der Waals surface area (Å²) in [4.78, 5) is 3.83. The van der Waals surface area contributed by atoms with Crippen molar-refractivity contribution in [3.8, 4) is 0 Å². The second-order valence-corrected chi connectivity index (χ2v) is 2.40. The maximum atomic E-state index is 5.10. The third-order valence-electron chi connectivity index (χ3n) is 1.15.